The number of likely N-dealkylation sites (N-methyl/N-ethyl adjacent to an activating group) is 1. The molecule has 1 N–H and O–H groups in total. The first-order valence-electron chi connectivity index (χ1n) is 3.27. The van der Waals surface area contributed by atoms with Crippen molar-refractivity contribution in [3.63, 3.8) is 0 Å². The number of ether oxygens (including phenoxy) is 1. The van der Waals surface area contributed by atoms with Gasteiger partial charge in [0.1, 0.15) is 0 Å². The van der Waals surface area contributed by atoms with E-state index in [0.29, 0.717) is 6.04 Å². The smallest absolute Gasteiger partial charge is 0.0600 e. The molecule has 0 bridgehead atoms. The van der Waals surface area contributed by atoms with Crippen molar-refractivity contribution in [2.75, 3.05) is 14.2 Å². The van der Waals surface area contributed by atoms with Crippen molar-refractivity contribution < 1.29 is 4.74 Å². The highest BCUT2D eigenvalue weighted by Gasteiger charge is 2.22. The van der Waals surface area contributed by atoms with Gasteiger partial charge in [-0.15, -0.1) is 0 Å². The molecule has 2 atom stereocenters. The lowest BCUT2D eigenvalue weighted by molar-refractivity contribution is 0.0526. The largest absolute Gasteiger partial charge is 0.381 e. The molecule has 0 spiro atoms. The van der Waals surface area contributed by atoms with Gasteiger partial charge in [-0.05, 0) is 20.9 Å². The number of methoxy groups -OCH3 is 1. The summed E-state index contributed by atoms with van der Waals surface area (Å²) in [5.74, 6) is 0. The Balaban J connectivity index is 3.80. The van der Waals surface area contributed by atoms with Gasteiger partial charge in [0.25, 0.3) is 0 Å². The Bertz CT molecular complexity index is 85.1. The quantitative estimate of drug-likeness (QED) is 0.534. The molecule has 0 rings (SSSR count). The minimum absolute atomic E-state index is 0.0781. The maximum atomic E-state index is 5.29. The van der Waals surface area contributed by atoms with E-state index in [9.17, 15) is 0 Å². The van der Waals surface area contributed by atoms with Crippen molar-refractivity contribution in [2.45, 2.75) is 25.1 Å². The molecule has 0 aromatic carbocycles. The summed E-state index contributed by atoms with van der Waals surface area (Å²) < 4.78 is 5.29. The monoisotopic (exact) mass is 147 g/mol. The number of hydrogen-bond donors (Lipinski definition) is 1. The van der Waals surface area contributed by atoms with Crippen LogP contribution >= 0.6 is 0 Å². The van der Waals surface area contributed by atoms with E-state index in [1.165, 1.54) is 0 Å². The molecule has 0 aromatic rings. The summed E-state index contributed by atoms with van der Waals surface area (Å²) in [5.41, 5.74) is 0. The van der Waals surface area contributed by atoms with Crippen LogP contribution in [0, 0.1) is 0 Å². The van der Waals surface area contributed by atoms with E-state index < -0.39 is 0 Å². The number of nitrogens with one attached hydrogen (secondary N) is 1. The average Bonchev–Trinajstić information content (AvgIpc) is 1.86. The fourth-order valence-electron chi connectivity index (χ4n) is 0.524. The zero-order valence-corrected chi connectivity index (χ0v) is 8.99. The second-order valence-electron chi connectivity index (χ2n) is 2.82. The van der Waals surface area contributed by atoms with E-state index >= 15 is 0 Å². The van der Waals surface area contributed by atoms with E-state index in [1.54, 1.807) is 7.11 Å². The summed E-state index contributed by atoms with van der Waals surface area (Å²) in [4.78, 5) is 0. The van der Waals surface area contributed by atoms with Crippen molar-refractivity contribution in [1.82, 2.24) is 5.32 Å². The van der Waals surface area contributed by atoms with Crippen molar-refractivity contribution in [3.05, 3.63) is 0 Å². The second-order valence-corrected chi connectivity index (χ2v) is 4.80. The normalized spacial score (nSPS) is 21.3. The fraction of sp³-hybridized carbons (Fsp3) is 1.00. The van der Waals surface area contributed by atoms with Crippen molar-refractivity contribution in [3.8, 4) is 0 Å². The number of hydrogen-bond acceptors (Lipinski definition) is 2. The Morgan fingerprint density at radius 3 is 2.22 bits per heavy atom. The van der Waals surface area contributed by atoms with Crippen LogP contribution in [-0.2, 0) is 4.74 Å². The van der Waals surface area contributed by atoms with Crippen LogP contribution in [0.25, 0.3) is 0 Å². The maximum absolute atomic E-state index is 5.29. The van der Waals surface area contributed by atoms with Gasteiger partial charge in [0, 0.05) is 23.4 Å². The molecule has 0 aromatic heterocycles. The second kappa shape index (κ2) is 3.34. The van der Waals surface area contributed by atoms with E-state index in [-0.39, 0.29) is 5.22 Å². The molecule has 0 saturated carbocycles. The fourth-order valence-corrected chi connectivity index (χ4v) is 0.813. The molecule has 0 aliphatic carbocycles. The van der Waals surface area contributed by atoms with Crippen molar-refractivity contribution >= 4 is 10.2 Å². The average molecular weight is 147 g/mol. The standard InChI is InChI=1S/C6H17NOSi/c1-5(7-3)6(2,9)8-4/h5,7H,1-4,9H3/t5-,6+/m1/s1. The van der Waals surface area contributed by atoms with Crippen LogP contribution in [-0.4, -0.2) is 35.7 Å². The molecule has 0 aliphatic rings. The third kappa shape index (κ3) is 2.47. The summed E-state index contributed by atoms with van der Waals surface area (Å²) >= 11 is 0. The Labute approximate surface area is 60.4 Å². The van der Waals surface area contributed by atoms with Crippen LogP contribution in [0.2, 0.25) is 0 Å². The molecule has 0 unspecified atom stereocenters. The van der Waals surface area contributed by atoms with Crippen molar-refractivity contribution in [1.29, 1.82) is 0 Å². The summed E-state index contributed by atoms with van der Waals surface area (Å²) in [6, 6.07) is 0.453. The predicted molar refractivity (Wildman–Crippen MR) is 43.9 cm³/mol. The van der Waals surface area contributed by atoms with Gasteiger partial charge in [-0.25, -0.2) is 0 Å². The van der Waals surface area contributed by atoms with Gasteiger partial charge < -0.3 is 10.1 Å². The van der Waals surface area contributed by atoms with Crippen LogP contribution in [0.15, 0.2) is 0 Å². The van der Waals surface area contributed by atoms with Crippen LogP contribution in [0.4, 0.5) is 0 Å². The zero-order valence-electron chi connectivity index (χ0n) is 6.99. The van der Waals surface area contributed by atoms with Crippen LogP contribution in [0.3, 0.4) is 0 Å². The summed E-state index contributed by atoms with van der Waals surface area (Å²) in [7, 11) is 4.78. The molecule has 2 nitrogen and oxygen atoms in total. The Kier molecular flexibility index (Phi) is 3.39. The molecule has 0 saturated heterocycles. The van der Waals surface area contributed by atoms with E-state index in [1.807, 2.05) is 7.05 Å². The highest BCUT2D eigenvalue weighted by atomic mass is 28.1. The van der Waals surface area contributed by atoms with Crippen LogP contribution in [0.1, 0.15) is 13.8 Å². The van der Waals surface area contributed by atoms with Gasteiger partial charge in [0.15, 0.2) is 0 Å². The lowest BCUT2D eigenvalue weighted by Crippen LogP contribution is -2.47. The zero-order chi connectivity index (χ0) is 7.49. The molecular weight excluding hydrogens is 130 g/mol. The summed E-state index contributed by atoms with van der Waals surface area (Å²) in [6.45, 7) is 4.26. The first-order valence-corrected chi connectivity index (χ1v) is 4.27. The molecule has 3 heteroatoms. The van der Waals surface area contributed by atoms with E-state index in [0.717, 1.165) is 10.2 Å². The molecule has 0 radical (unpaired) electrons. The van der Waals surface area contributed by atoms with Gasteiger partial charge in [-0.3, -0.25) is 0 Å². The molecule has 56 valence electrons. The first kappa shape index (κ1) is 9.14. The lowest BCUT2D eigenvalue weighted by atomic mass is 10.2. The Morgan fingerprint density at radius 1 is 1.67 bits per heavy atom. The Morgan fingerprint density at radius 2 is 2.11 bits per heavy atom. The van der Waals surface area contributed by atoms with Crippen LogP contribution < -0.4 is 5.32 Å². The van der Waals surface area contributed by atoms with E-state index in [4.69, 9.17) is 4.74 Å². The molecule has 0 heterocycles. The third-order valence-corrected chi connectivity index (χ3v) is 3.28. The predicted octanol–water partition coefficient (Wildman–Crippen LogP) is -0.678. The van der Waals surface area contributed by atoms with Crippen molar-refractivity contribution in [2.24, 2.45) is 0 Å². The maximum Gasteiger partial charge on any atom is 0.0600 e. The minimum atomic E-state index is 0.0781. The van der Waals surface area contributed by atoms with E-state index in [2.05, 4.69) is 19.2 Å². The first-order chi connectivity index (χ1) is 4.04. The van der Waals surface area contributed by atoms with Gasteiger partial charge in [-0.1, -0.05) is 0 Å². The number of rotatable bonds is 3. The molecule has 0 amide bonds. The topological polar surface area (TPSA) is 21.3 Å². The highest BCUT2D eigenvalue weighted by Crippen LogP contribution is 2.07. The van der Waals surface area contributed by atoms with Gasteiger partial charge in [0.2, 0.25) is 0 Å². The molecule has 9 heavy (non-hydrogen) atoms. The lowest BCUT2D eigenvalue weighted by Gasteiger charge is -2.29. The SMILES string of the molecule is CN[C@H](C)[C@](C)([SiH3])OC. The Hall–Kier alpha value is 0.137. The molecule has 0 fully saturated rings. The minimum Gasteiger partial charge on any atom is -0.381 e. The summed E-state index contributed by atoms with van der Waals surface area (Å²) in [5, 5.41) is 3.24. The molecule has 0 aliphatic heterocycles. The van der Waals surface area contributed by atoms with Crippen LogP contribution in [0.5, 0.6) is 0 Å². The van der Waals surface area contributed by atoms with Gasteiger partial charge in [-0.2, -0.15) is 0 Å². The molecular formula is C6H17NOSi. The van der Waals surface area contributed by atoms with Gasteiger partial charge in [0.05, 0.1) is 5.22 Å². The van der Waals surface area contributed by atoms with Gasteiger partial charge >= 0.3 is 0 Å². The summed E-state index contributed by atoms with van der Waals surface area (Å²) in [6.07, 6.45) is 0. The highest BCUT2D eigenvalue weighted by molar-refractivity contribution is 6.14. The third-order valence-electron chi connectivity index (χ3n) is 2.00.